The van der Waals surface area contributed by atoms with Crippen LogP contribution in [-0.4, -0.2) is 28.8 Å². The van der Waals surface area contributed by atoms with Gasteiger partial charge in [0.1, 0.15) is 17.5 Å². The summed E-state index contributed by atoms with van der Waals surface area (Å²) in [5, 5.41) is 11.4. The summed E-state index contributed by atoms with van der Waals surface area (Å²) in [6.45, 7) is 6.60. The third kappa shape index (κ3) is 5.41. The molecule has 1 amide bonds. The van der Waals surface area contributed by atoms with Crippen molar-refractivity contribution in [3.8, 4) is 0 Å². The molecular weight excluding hydrogens is 277 g/mol. The molecular formula is C15H20FNO4. The van der Waals surface area contributed by atoms with Gasteiger partial charge in [-0.05, 0) is 38.8 Å². The molecule has 0 heterocycles. The molecule has 0 fully saturated rings. The number of hydrogen-bond acceptors (Lipinski definition) is 3. The summed E-state index contributed by atoms with van der Waals surface area (Å²) in [6, 6.07) is 3.47. The first-order valence-corrected chi connectivity index (χ1v) is 6.56. The molecule has 0 aliphatic heterocycles. The topological polar surface area (TPSA) is 75.6 Å². The molecule has 5 nitrogen and oxygen atoms in total. The number of carboxylic acids is 1. The summed E-state index contributed by atoms with van der Waals surface area (Å²) in [5.41, 5.74) is -0.0748. The van der Waals surface area contributed by atoms with Crippen LogP contribution < -0.4 is 5.32 Å². The van der Waals surface area contributed by atoms with Crippen LogP contribution in [-0.2, 0) is 16.0 Å². The van der Waals surface area contributed by atoms with Gasteiger partial charge in [-0.2, -0.15) is 0 Å². The minimum atomic E-state index is -1.25. The van der Waals surface area contributed by atoms with E-state index in [0.29, 0.717) is 5.56 Å². The number of rotatable bonds is 4. The lowest BCUT2D eigenvalue weighted by Gasteiger charge is -2.22. The van der Waals surface area contributed by atoms with E-state index in [2.05, 4.69) is 5.32 Å². The van der Waals surface area contributed by atoms with Gasteiger partial charge in [-0.3, -0.25) is 0 Å². The summed E-state index contributed by atoms with van der Waals surface area (Å²) >= 11 is 0. The molecule has 0 aliphatic carbocycles. The Morgan fingerprint density at radius 3 is 2.52 bits per heavy atom. The van der Waals surface area contributed by atoms with Crippen molar-refractivity contribution in [1.29, 1.82) is 0 Å². The molecule has 1 aromatic rings. The number of halogens is 1. The van der Waals surface area contributed by atoms with E-state index in [-0.39, 0.29) is 12.0 Å². The second-order valence-corrected chi connectivity index (χ2v) is 5.79. The Morgan fingerprint density at radius 1 is 1.38 bits per heavy atom. The molecule has 0 aromatic heterocycles. The molecule has 0 spiro atoms. The molecule has 21 heavy (non-hydrogen) atoms. The lowest BCUT2D eigenvalue weighted by molar-refractivity contribution is -0.139. The first kappa shape index (κ1) is 16.9. The zero-order chi connectivity index (χ0) is 16.2. The number of carbonyl (C=O) groups excluding carboxylic acids is 1. The van der Waals surface area contributed by atoms with Gasteiger partial charge in [0.15, 0.2) is 0 Å². The summed E-state index contributed by atoms with van der Waals surface area (Å²) in [4.78, 5) is 22.8. The predicted octanol–water partition coefficient (Wildman–Crippen LogP) is 2.65. The highest BCUT2D eigenvalue weighted by atomic mass is 19.1. The van der Waals surface area contributed by atoms with Crippen LogP contribution in [0.4, 0.5) is 9.18 Å². The van der Waals surface area contributed by atoms with Crippen molar-refractivity contribution in [2.45, 2.75) is 45.8 Å². The first-order valence-electron chi connectivity index (χ1n) is 6.56. The van der Waals surface area contributed by atoms with Gasteiger partial charge in [0.2, 0.25) is 0 Å². The average molecular weight is 297 g/mol. The molecule has 0 unspecified atom stereocenters. The van der Waals surface area contributed by atoms with Gasteiger partial charge in [-0.25, -0.2) is 14.0 Å². The second-order valence-electron chi connectivity index (χ2n) is 5.79. The summed E-state index contributed by atoms with van der Waals surface area (Å²) in [6.07, 6.45) is -0.995. The number of benzene rings is 1. The number of ether oxygens (including phenoxy) is 1. The minimum absolute atomic E-state index is 0.151. The lowest BCUT2D eigenvalue weighted by Crippen LogP contribution is -2.44. The summed E-state index contributed by atoms with van der Waals surface area (Å²) in [7, 11) is 0. The van der Waals surface area contributed by atoms with E-state index in [1.807, 2.05) is 0 Å². The molecule has 0 saturated carbocycles. The van der Waals surface area contributed by atoms with Crippen molar-refractivity contribution in [1.82, 2.24) is 5.32 Å². The summed E-state index contributed by atoms with van der Waals surface area (Å²) in [5.74, 6) is -1.71. The van der Waals surface area contributed by atoms with Gasteiger partial charge in [0.25, 0.3) is 0 Å². The standard InChI is InChI=1S/C15H20FNO4/c1-9-6-5-7-10(12(9)16)8-11(13(18)19)17-14(20)21-15(2,3)4/h5-7,11H,8H2,1-4H3,(H,17,20)(H,18,19)/t11-/m0/s1. The Hall–Kier alpha value is -2.11. The Labute approximate surface area is 123 Å². The van der Waals surface area contributed by atoms with E-state index in [0.717, 1.165) is 0 Å². The molecule has 1 atom stereocenters. The lowest BCUT2D eigenvalue weighted by atomic mass is 10.0. The molecule has 0 radical (unpaired) electrons. The van der Waals surface area contributed by atoms with Crippen LogP contribution in [0.5, 0.6) is 0 Å². The molecule has 116 valence electrons. The maximum atomic E-state index is 13.9. The predicted molar refractivity (Wildman–Crippen MR) is 75.6 cm³/mol. The molecule has 0 aliphatic rings. The normalized spacial score (nSPS) is 12.6. The molecule has 6 heteroatoms. The van der Waals surface area contributed by atoms with E-state index in [9.17, 15) is 14.0 Å². The van der Waals surface area contributed by atoms with Gasteiger partial charge >= 0.3 is 12.1 Å². The van der Waals surface area contributed by atoms with E-state index < -0.39 is 29.5 Å². The van der Waals surface area contributed by atoms with Gasteiger partial charge in [0, 0.05) is 6.42 Å². The van der Waals surface area contributed by atoms with E-state index in [1.54, 1.807) is 39.8 Å². The van der Waals surface area contributed by atoms with Gasteiger partial charge in [-0.15, -0.1) is 0 Å². The largest absolute Gasteiger partial charge is 0.480 e. The number of carboxylic acid groups (broad SMARTS) is 1. The van der Waals surface area contributed by atoms with Crippen LogP contribution in [0.3, 0.4) is 0 Å². The van der Waals surface area contributed by atoms with Crippen molar-refractivity contribution in [2.75, 3.05) is 0 Å². The van der Waals surface area contributed by atoms with Gasteiger partial charge < -0.3 is 15.2 Å². The molecule has 0 saturated heterocycles. The van der Waals surface area contributed by atoms with Crippen LogP contribution in [0.25, 0.3) is 0 Å². The fourth-order valence-corrected chi connectivity index (χ4v) is 1.74. The van der Waals surface area contributed by atoms with Crippen LogP contribution in [0.15, 0.2) is 18.2 Å². The Kier molecular flexibility index (Phi) is 5.29. The Bertz CT molecular complexity index is 537. The van der Waals surface area contributed by atoms with Crippen LogP contribution in [0, 0.1) is 12.7 Å². The third-order valence-electron chi connectivity index (χ3n) is 2.68. The van der Waals surface area contributed by atoms with Crippen molar-refractivity contribution < 1.29 is 23.8 Å². The molecule has 1 aromatic carbocycles. The number of amides is 1. The van der Waals surface area contributed by atoms with Gasteiger partial charge in [0.05, 0.1) is 0 Å². The minimum Gasteiger partial charge on any atom is -0.480 e. The van der Waals surface area contributed by atoms with E-state index in [1.165, 1.54) is 6.07 Å². The van der Waals surface area contributed by atoms with E-state index >= 15 is 0 Å². The second kappa shape index (κ2) is 6.56. The van der Waals surface area contributed by atoms with Crippen molar-refractivity contribution in [3.05, 3.63) is 35.1 Å². The Balaban J connectivity index is 2.82. The quantitative estimate of drug-likeness (QED) is 0.896. The highest BCUT2D eigenvalue weighted by molar-refractivity contribution is 5.80. The molecule has 0 bridgehead atoms. The number of carbonyl (C=O) groups is 2. The number of alkyl carbamates (subject to hydrolysis) is 1. The monoisotopic (exact) mass is 297 g/mol. The van der Waals surface area contributed by atoms with Gasteiger partial charge in [-0.1, -0.05) is 18.2 Å². The number of aliphatic carboxylic acids is 1. The first-order chi connectivity index (χ1) is 9.60. The van der Waals surface area contributed by atoms with Crippen LogP contribution in [0.2, 0.25) is 0 Å². The maximum Gasteiger partial charge on any atom is 0.408 e. The Morgan fingerprint density at radius 2 is 2.00 bits per heavy atom. The fourth-order valence-electron chi connectivity index (χ4n) is 1.74. The molecule has 1 rings (SSSR count). The zero-order valence-corrected chi connectivity index (χ0v) is 12.6. The van der Waals surface area contributed by atoms with Crippen molar-refractivity contribution in [2.24, 2.45) is 0 Å². The fraction of sp³-hybridized carbons (Fsp3) is 0.467. The van der Waals surface area contributed by atoms with Crippen molar-refractivity contribution in [3.63, 3.8) is 0 Å². The highest BCUT2D eigenvalue weighted by Crippen LogP contribution is 2.14. The zero-order valence-electron chi connectivity index (χ0n) is 12.6. The maximum absolute atomic E-state index is 13.9. The third-order valence-corrected chi connectivity index (χ3v) is 2.68. The SMILES string of the molecule is Cc1cccc(C[C@H](NC(=O)OC(C)(C)C)C(=O)O)c1F. The number of aryl methyl sites for hydroxylation is 1. The number of nitrogens with one attached hydrogen (secondary N) is 1. The average Bonchev–Trinajstić information content (AvgIpc) is 2.31. The van der Waals surface area contributed by atoms with E-state index in [4.69, 9.17) is 9.84 Å². The number of hydrogen-bond donors (Lipinski definition) is 2. The van der Waals surface area contributed by atoms with Crippen molar-refractivity contribution >= 4 is 12.1 Å². The van der Waals surface area contributed by atoms with Crippen LogP contribution in [0.1, 0.15) is 31.9 Å². The van der Waals surface area contributed by atoms with Crippen LogP contribution >= 0.6 is 0 Å². The smallest absolute Gasteiger partial charge is 0.408 e. The molecule has 2 N–H and O–H groups in total. The summed E-state index contributed by atoms with van der Waals surface area (Å²) < 4.78 is 18.9. The highest BCUT2D eigenvalue weighted by Gasteiger charge is 2.25.